The Morgan fingerprint density at radius 1 is 0.727 bits per heavy atom. The van der Waals surface area contributed by atoms with E-state index in [1.165, 1.54) is 10.2 Å². The molecule has 5 rings (SSSR count). The van der Waals surface area contributed by atoms with Crippen molar-refractivity contribution >= 4 is 56.1 Å². The zero-order valence-electron chi connectivity index (χ0n) is 18.5. The molecule has 0 aliphatic heterocycles. The first kappa shape index (κ1) is 21.6. The number of rotatable bonds is 7. The van der Waals surface area contributed by atoms with Gasteiger partial charge in [-0.25, -0.2) is 4.99 Å². The quantitative estimate of drug-likeness (QED) is 0.244. The molecule has 5 aromatic rings. The number of benzene rings is 4. The molecule has 164 valence electrons. The Bertz CT molecular complexity index is 1350. The highest BCUT2D eigenvalue weighted by Crippen LogP contribution is 2.34. The topological polar surface area (TPSA) is 20.5 Å². The minimum atomic E-state index is 0.956. The van der Waals surface area contributed by atoms with Crippen LogP contribution in [0.4, 0.5) is 22.7 Å². The van der Waals surface area contributed by atoms with Crippen LogP contribution in [0, 0.1) is 0 Å². The summed E-state index contributed by atoms with van der Waals surface area (Å²) < 4.78 is 3.61. The smallest absolute Gasteiger partial charge is 0.190 e. The number of hydrogen-bond donors (Lipinski definition) is 0. The van der Waals surface area contributed by atoms with Crippen LogP contribution in [0.3, 0.4) is 0 Å². The molecular formula is C28H25N3S2. The minimum Gasteiger partial charge on any atom is -0.316 e. The number of hydrogen-bond acceptors (Lipinski definition) is 4. The van der Waals surface area contributed by atoms with Crippen LogP contribution in [0.2, 0.25) is 0 Å². The van der Waals surface area contributed by atoms with Gasteiger partial charge < -0.3 is 9.47 Å². The summed E-state index contributed by atoms with van der Waals surface area (Å²) in [5.41, 5.74) is 5.59. The predicted molar refractivity (Wildman–Crippen MR) is 145 cm³/mol. The molecule has 0 N–H and O–H groups in total. The van der Waals surface area contributed by atoms with Gasteiger partial charge in [-0.05, 0) is 66.9 Å². The van der Waals surface area contributed by atoms with E-state index in [1.807, 2.05) is 23.9 Å². The molecule has 0 radical (unpaired) electrons. The molecule has 4 aromatic carbocycles. The maximum Gasteiger partial charge on any atom is 0.190 e. The number of anilines is 3. The van der Waals surface area contributed by atoms with Crippen molar-refractivity contribution in [3.05, 3.63) is 114 Å². The summed E-state index contributed by atoms with van der Waals surface area (Å²) in [4.78, 5) is 8.34. The number of thioether (sulfide) groups is 1. The predicted octanol–water partition coefficient (Wildman–Crippen LogP) is 7.77. The Hall–Kier alpha value is -3.28. The number of thiazole rings is 1. The first-order chi connectivity index (χ1) is 16.3. The van der Waals surface area contributed by atoms with E-state index < -0.39 is 0 Å². The molecule has 5 heteroatoms. The normalized spacial score (nSPS) is 11.7. The van der Waals surface area contributed by atoms with Gasteiger partial charge in [0.15, 0.2) is 4.80 Å². The van der Waals surface area contributed by atoms with E-state index in [1.54, 1.807) is 11.3 Å². The third-order valence-corrected chi connectivity index (χ3v) is 7.12. The van der Waals surface area contributed by atoms with E-state index in [4.69, 9.17) is 4.99 Å². The highest BCUT2D eigenvalue weighted by molar-refractivity contribution is 7.98. The van der Waals surface area contributed by atoms with Gasteiger partial charge in [0.25, 0.3) is 0 Å². The van der Waals surface area contributed by atoms with Crippen molar-refractivity contribution < 1.29 is 0 Å². The van der Waals surface area contributed by atoms with Crippen molar-refractivity contribution in [2.45, 2.75) is 6.54 Å². The molecule has 0 atom stereocenters. The van der Waals surface area contributed by atoms with Gasteiger partial charge in [0.2, 0.25) is 0 Å². The van der Waals surface area contributed by atoms with Gasteiger partial charge in [0.1, 0.15) is 0 Å². The van der Waals surface area contributed by atoms with E-state index in [-0.39, 0.29) is 0 Å². The van der Waals surface area contributed by atoms with Gasteiger partial charge in [0, 0.05) is 29.4 Å². The number of nitrogens with zero attached hydrogens (tertiary/aromatic N) is 3. The molecule has 0 fully saturated rings. The van der Waals surface area contributed by atoms with Gasteiger partial charge in [-0.3, -0.25) is 0 Å². The van der Waals surface area contributed by atoms with E-state index >= 15 is 0 Å². The second-order valence-electron chi connectivity index (χ2n) is 7.63. The summed E-state index contributed by atoms with van der Waals surface area (Å²) >= 11 is 3.61. The van der Waals surface area contributed by atoms with Gasteiger partial charge in [-0.1, -0.05) is 59.9 Å². The van der Waals surface area contributed by atoms with E-state index in [2.05, 4.69) is 113 Å². The maximum absolute atomic E-state index is 5.03. The monoisotopic (exact) mass is 467 g/mol. The lowest BCUT2D eigenvalue weighted by molar-refractivity contribution is 0.775. The van der Waals surface area contributed by atoms with Gasteiger partial charge in [-0.15, -0.1) is 0 Å². The van der Waals surface area contributed by atoms with Crippen LogP contribution in [-0.4, -0.2) is 16.6 Å². The molecule has 0 saturated carbocycles. The van der Waals surface area contributed by atoms with Crippen molar-refractivity contribution in [2.75, 3.05) is 16.9 Å². The summed E-state index contributed by atoms with van der Waals surface area (Å²) in [7, 11) is 0. The molecule has 0 aliphatic rings. The average molecular weight is 468 g/mol. The van der Waals surface area contributed by atoms with Gasteiger partial charge in [0.05, 0.1) is 15.9 Å². The first-order valence-corrected chi connectivity index (χ1v) is 13.2. The highest BCUT2D eigenvalue weighted by Gasteiger charge is 2.12. The van der Waals surface area contributed by atoms with Crippen LogP contribution < -0.4 is 9.70 Å². The summed E-state index contributed by atoms with van der Waals surface area (Å²) in [6.45, 7) is 0.956. The minimum absolute atomic E-state index is 0.956. The molecule has 0 aliphatic carbocycles. The number of aromatic nitrogens is 1. The Kier molecular flexibility index (Phi) is 6.61. The number of para-hydroxylation sites is 3. The standard InChI is InChI=1S/C28H25N3S2/c1-32-21-20-30-26-14-8-9-15-27(26)33-28(30)29-22-16-18-25(19-17-22)31(23-10-4-2-5-11-23)24-12-6-3-7-13-24/h2-19H,20-21H2,1H3. The van der Waals surface area contributed by atoms with Crippen LogP contribution in [0.1, 0.15) is 0 Å². The van der Waals surface area contributed by atoms with Crippen molar-refractivity contribution in [1.82, 2.24) is 4.57 Å². The van der Waals surface area contributed by atoms with Crippen LogP contribution in [0.15, 0.2) is 114 Å². The fourth-order valence-electron chi connectivity index (χ4n) is 3.89. The fraction of sp³-hybridized carbons (Fsp3) is 0.107. The SMILES string of the molecule is CSCCn1c(=Nc2ccc(N(c3ccccc3)c3ccccc3)cc2)sc2ccccc21. The Labute approximate surface area is 202 Å². The number of fused-ring (bicyclic) bond motifs is 1. The molecule has 3 nitrogen and oxygen atoms in total. The molecule has 0 amide bonds. The van der Waals surface area contributed by atoms with Crippen molar-refractivity contribution in [3.8, 4) is 0 Å². The number of aryl methyl sites for hydroxylation is 1. The van der Waals surface area contributed by atoms with Crippen LogP contribution in [0.5, 0.6) is 0 Å². The molecule has 0 saturated heterocycles. The van der Waals surface area contributed by atoms with Crippen LogP contribution >= 0.6 is 23.1 Å². The Morgan fingerprint density at radius 3 is 1.94 bits per heavy atom. The zero-order valence-corrected chi connectivity index (χ0v) is 20.1. The average Bonchev–Trinajstić information content (AvgIpc) is 3.22. The lowest BCUT2D eigenvalue weighted by Crippen LogP contribution is -2.15. The second-order valence-corrected chi connectivity index (χ2v) is 9.63. The second kappa shape index (κ2) is 10.1. The Morgan fingerprint density at radius 2 is 1.30 bits per heavy atom. The summed E-state index contributed by atoms with van der Waals surface area (Å²) in [6.07, 6.45) is 2.15. The van der Waals surface area contributed by atoms with Gasteiger partial charge >= 0.3 is 0 Å². The largest absolute Gasteiger partial charge is 0.316 e. The molecule has 0 unspecified atom stereocenters. The Balaban J connectivity index is 1.54. The molecule has 1 aromatic heterocycles. The third-order valence-electron chi connectivity index (χ3n) is 5.47. The zero-order chi connectivity index (χ0) is 22.5. The molecule has 0 spiro atoms. The van der Waals surface area contributed by atoms with Crippen LogP contribution in [0.25, 0.3) is 10.2 Å². The first-order valence-electron chi connectivity index (χ1n) is 11.0. The van der Waals surface area contributed by atoms with E-state index in [0.717, 1.165) is 39.8 Å². The van der Waals surface area contributed by atoms with E-state index in [9.17, 15) is 0 Å². The lowest BCUT2D eigenvalue weighted by atomic mass is 10.2. The van der Waals surface area contributed by atoms with Crippen LogP contribution in [-0.2, 0) is 6.54 Å². The molecule has 0 bridgehead atoms. The third kappa shape index (κ3) is 4.75. The molecular weight excluding hydrogens is 442 g/mol. The maximum atomic E-state index is 5.03. The van der Waals surface area contributed by atoms with Crippen molar-refractivity contribution in [3.63, 3.8) is 0 Å². The van der Waals surface area contributed by atoms with Crippen molar-refractivity contribution in [2.24, 2.45) is 4.99 Å². The molecule has 33 heavy (non-hydrogen) atoms. The van der Waals surface area contributed by atoms with Gasteiger partial charge in [-0.2, -0.15) is 11.8 Å². The summed E-state index contributed by atoms with van der Waals surface area (Å²) in [6, 6.07) is 38.0. The molecule has 1 heterocycles. The highest BCUT2D eigenvalue weighted by atomic mass is 32.2. The van der Waals surface area contributed by atoms with E-state index in [0.29, 0.717) is 0 Å². The van der Waals surface area contributed by atoms with Crippen molar-refractivity contribution in [1.29, 1.82) is 0 Å². The summed E-state index contributed by atoms with van der Waals surface area (Å²) in [5, 5.41) is 0. The summed E-state index contributed by atoms with van der Waals surface area (Å²) in [5.74, 6) is 1.07. The fourth-order valence-corrected chi connectivity index (χ4v) is 5.33. The lowest BCUT2D eigenvalue weighted by Gasteiger charge is -2.25.